The van der Waals surface area contributed by atoms with Gasteiger partial charge in [0.2, 0.25) is 0 Å². The number of hydrogen-bond donors (Lipinski definition) is 2. The highest BCUT2D eigenvalue weighted by atomic mass is 79.9. The molecular weight excluding hydrogens is 346 g/mol. The lowest BCUT2D eigenvalue weighted by Gasteiger charge is -2.11. The minimum Gasteiger partial charge on any atom is -0.618 e. The maximum Gasteiger partial charge on any atom is 0.319 e. The lowest BCUT2D eigenvalue weighted by Crippen LogP contribution is -2.40. The van der Waals surface area contributed by atoms with Crippen molar-refractivity contribution in [3.8, 4) is 0 Å². The number of nitrogen functional groups attached to an aromatic ring is 1. The molecule has 1 aromatic carbocycles. The molecule has 0 saturated heterocycles. The third-order valence-corrected chi connectivity index (χ3v) is 4.29. The van der Waals surface area contributed by atoms with E-state index in [0.717, 1.165) is 6.42 Å². The van der Waals surface area contributed by atoms with Gasteiger partial charge in [-0.25, -0.2) is 0 Å². The highest BCUT2D eigenvalue weighted by Crippen LogP contribution is 2.33. The Morgan fingerprint density at radius 2 is 2.20 bits per heavy atom. The second-order valence-electron chi connectivity index (χ2n) is 4.30. The first-order valence-corrected chi connectivity index (χ1v) is 7.22. The van der Waals surface area contributed by atoms with E-state index in [1.54, 1.807) is 12.1 Å². The first-order valence-electron chi connectivity index (χ1n) is 6.05. The number of benzene rings is 1. The van der Waals surface area contributed by atoms with E-state index in [-0.39, 0.29) is 11.4 Å². The predicted octanol–water partition coefficient (Wildman–Crippen LogP) is 2.61. The number of aromatic nitrogens is 1. The fourth-order valence-electron chi connectivity index (χ4n) is 1.90. The Labute approximate surface area is 129 Å². The zero-order chi connectivity index (χ0) is 14.9. The molecule has 0 unspecified atom stereocenters. The van der Waals surface area contributed by atoms with E-state index in [2.05, 4.69) is 21.2 Å². The summed E-state index contributed by atoms with van der Waals surface area (Å²) in [7, 11) is 0. The van der Waals surface area contributed by atoms with Gasteiger partial charge >= 0.3 is 11.6 Å². The molecule has 0 spiro atoms. The van der Waals surface area contributed by atoms with Crippen LogP contribution in [0.4, 0.5) is 5.69 Å². The molecule has 0 saturated carbocycles. The van der Waals surface area contributed by atoms with Crippen LogP contribution in [0.1, 0.15) is 23.8 Å². The summed E-state index contributed by atoms with van der Waals surface area (Å²) in [6.07, 6.45) is 2.07. The quantitative estimate of drug-likeness (QED) is 0.653. The lowest BCUT2D eigenvalue weighted by molar-refractivity contribution is -0.605. The number of carbonyl (C=O) groups excluding carboxylic acids is 1. The van der Waals surface area contributed by atoms with Crippen LogP contribution in [0.5, 0.6) is 0 Å². The predicted molar refractivity (Wildman–Crippen MR) is 82.7 cm³/mol. The summed E-state index contributed by atoms with van der Waals surface area (Å²) in [5.74, 6) is -0.479. The van der Waals surface area contributed by atoms with E-state index in [4.69, 9.17) is 17.3 Å². The fraction of sp³-hybridized carbons (Fsp3) is 0.231. The van der Waals surface area contributed by atoms with Crippen LogP contribution in [0.15, 0.2) is 22.8 Å². The number of nitrogens with zero attached hydrogens (tertiary/aromatic N) is 1. The van der Waals surface area contributed by atoms with Crippen LogP contribution < -0.4 is 15.8 Å². The third-order valence-electron chi connectivity index (χ3n) is 2.90. The van der Waals surface area contributed by atoms with Gasteiger partial charge < -0.3 is 16.3 Å². The van der Waals surface area contributed by atoms with Gasteiger partial charge in [-0.3, -0.25) is 4.79 Å². The monoisotopic (exact) mass is 357 g/mol. The number of pyridine rings is 1. The van der Waals surface area contributed by atoms with Gasteiger partial charge in [-0.05, 0) is 28.4 Å². The Hall–Kier alpha value is -1.53. The average Bonchev–Trinajstić information content (AvgIpc) is 2.41. The van der Waals surface area contributed by atoms with Gasteiger partial charge in [0.25, 0.3) is 0 Å². The molecule has 2 rings (SSSR count). The number of nitrogens with two attached hydrogens (primary N) is 1. The van der Waals surface area contributed by atoms with Gasteiger partial charge in [0, 0.05) is 11.9 Å². The van der Waals surface area contributed by atoms with Crippen LogP contribution in [0.25, 0.3) is 10.8 Å². The zero-order valence-corrected chi connectivity index (χ0v) is 13.1. The van der Waals surface area contributed by atoms with Gasteiger partial charge in [0.1, 0.15) is 5.69 Å². The van der Waals surface area contributed by atoms with Crippen molar-refractivity contribution in [2.75, 3.05) is 12.3 Å². The molecule has 2 aromatic rings. The number of rotatable bonds is 3. The van der Waals surface area contributed by atoms with E-state index in [9.17, 15) is 10.0 Å². The number of anilines is 1. The summed E-state index contributed by atoms with van der Waals surface area (Å²) < 4.78 is 1.05. The zero-order valence-electron chi connectivity index (χ0n) is 10.7. The second kappa shape index (κ2) is 5.85. The Morgan fingerprint density at radius 3 is 2.85 bits per heavy atom. The topological polar surface area (TPSA) is 82.1 Å². The molecule has 106 valence electrons. The number of hydrogen-bond acceptors (Lipinski definition) is 3. The Morgan fingerprint density at radius 1 is 1.50 bits per heavy atom. The van der Waals surface area contributed by atoms with Crippen molar-refractivity contribution in [1.29, 1.82) is 0 Å². The third kappa shape index (κ3) is 2.53. The molecule has 5 nitrogen and oxygen atoms in total. The van der Waals surface area contributed by atoms with Crippen LogP contribution >= 0.6 is 27.5 Å². The minimum absolute atomic E-state index is 0.0971. The molecule has 0 aliphatic rings. The van der Waals surface area contributed by atoms with Gasteiger partial charge in [0.15, 0.2) is 6.20 Å². The first-order chi connectivity index (χ1) is 9.47. The summed E-state index contributed by atoms with van der Waals surface area (Å²) in [4.78, 5) is 12.0. The van der Waals surface area contributed by atoms with Crippen LogP contribution in [0.3, 0.4) is 0 Å². The molecule has 0 fully saturated rings. The molecular formula is C13H13BrClN3O2. The van der Waals surface area contributed by atoms with Crippen LogP contribution in [0, 0.1) is 5.21 Å². The molecule has 3 N–H and O–H groups in total. The van der Waals surface area contributed by atoms with Crippen molar-refractivity contribution in [1.82, 2.24) is 5.32 Å². The Bertz CT molecular complexity index is 691. The molecule has 1 amide bonds. The number of fused-ring (bicyclic) bond motifs is 1. The van der Waals surface area contributed by atoms with E-state index in [1.165, 1.54) is 6.20 Å². The molecule has 7 heteroatoms. The molecule has 0 aliphatic carbocycles. The first kappa shape index (κ1) is 14.9. The Kier molecular flexibility index (Phi) is 4.35. The average molecular weight is 359 g/mol. The second-order valence-corrected chi connectivity index (χ2v) is 5.50. The smallest absolute Gasteiger partial charge is 0.319 e. The molecule has 1 heterocycles. The summed E-state index contributed by atoms with van der Waals surface area (Å²) in [6, 6.07) is 3.35. The SMILES string of the molecule is CCCNC(=O)c1c(N)c2ccc(Cl)c(Br)c2c[n+]1[O-]. The maximum atomic E-state index is 12.0. The van der Waals surface area contributed by atoms with Crippen molar-refractivity contribution < 1.29 is 9.52 Å². The number of halogens is 2. The molecule has 20 heavy (non-hydrogen) atoms. The van der Waals surface area contributed by atoms with Crippen LogP contribution in [-0.2, 0) is 0 Å². The molecule has 1 aromatic heterocycles. The highest BCUT2D eigenvalue weighted by molar-refractivity contribution is 9.10. The maximum absolute atomic E-state index is 12.0. The van der Waals surface area contributed by atoms with E-state index in [1.807, 2.05) is 6.92 Å². The minimum atomic E-state index is -0.479. The highest BCUT2D eigenvalue weighted by Gasteiger charge is 2.23. The molecule has 0 atom stereocenters. The standard InChI is InChI=1S/C13H13BrClN3O2/c1-2-5-17-13(19)12-11(16)7-3-4-9(15)10(14)8(7)6-18(12)20/h3-4,6H,2,5,16H2,1H3,(H,17,19). The van der Waals surface area contributed by atoms with E-state index in [0.29, 0.717) is 31.5 Å². The number of amides is 1. The van der Waals surface area contributed by atoms with Crippen molar-refractivity contribution in [3.05, 3.63) is 38.7 Å². The summed E-state index contributed by atoms with van der Waals surface area (Å²) in [5, 5.41) is 16.3. The largest absolute Gasteiger partial charge is 0.618 e. The van der Waals surface area contributed by atoms with E-state index >= 15 is 0 Å². The van der Waals surface area contributed by atoms with Gasteiger partial charge in [-0.1, -0.05) is 24.6 Å². The van der Waals surface area contributed by atoms with Gasteiger partial charge in [0.05, 0.1) is 14.9 Å². The normalized spacial score (nSPS) is 10.8. The summed E-state index contributed by atoms with van der Waals surface area (Å²) in [5.41, 5.74) is 6.01. The van der Waals surface area contributed by atoms with Crippen LogP contribution in [0.2, 0.25) is 5.02 Å². The van der Waals surface area contributed by atoms with Gasteiger partial charge in [-0.15, -0.1) is 0 Å². The van der Waals surface area contributed by atoms with Crippen LogP contribution in [-0.4, -0.2) is 12.5 Å². The number of nitrogens with one attached hydrogen (secondary N) is 1. The van der Waals surface area contributed by atoms with Crippen molar-refractivity contribution in [2.24, 2.45) is 0 Å². The molecule has 0 bridgehead atoms. The van der Waals surface area contributed by atoms with Crippen molar-refractivity contribution in [3.63, 3.8) is 0 Å². The summed E-state index contributed by atoms with van der Waals surface area (Å²) >= 11 is 9.30. The van der Waals surface area contributed by atoms with Crippen molar-refractivity contribution >= 4 is 49.9 Å². The van der Waals surface area contributed by atoms with Crippen molar-refractivity contribution in [2.45, 2.75) is 13.3 Å². The lowest BCUT2D eigenvalue weighted by atomic mass is 10.1. The Balaban J connectivity index is 2.64. The van der Waals surface area contributed by atoms with E-state index < -0.39 is 5.91 Å². The number of carbonyl (C=O) groups is 1. The van der Waals surface area contributed by atoms with Gasteiger partial charge in [-0.2, -0.15) is 4.73 Å². The fourth-order valence-corrected chi connectivity index (χ4v) is 2.51. The summed E-state index contributed by atoms with van der Waals surface area (Å²) in [6.45, 7) is 2.41. The molecule has 0 aliphatic heterocycles. The molecule has 0 radical (unpaired) electrons.